The topological polar surface area (TPSA) is 128 Å². The van der Waals surface area contributed by atoms with Crippen LogP contribution in [-0.4, -0.2) is 58.9 Å². The fraction of sp³-hybridized carbons (Fsp3) is 0.348. The lowest BCUT2D eigenvalue weighted by atomic mass is 10.1. The smallest absolute Gasteiger partial charge is 0.416 e. The molecule has 2 N–H and O–H groups in total. The number of benzene rings is 1. The van der Waals surface area contributed by atoms with Crippen molar-refractivity contribution in [3.05, 3.63) is 51.7 Å². The van der Waals surface area contributed by atoms with Crippen LogP contribution >= 0.6 is 0 Å². The molecule has 11 nitrogen and oxygen atoms in total. The molecule has 12 heteroatoms. The second-order valence-electron chi connectivity index (χ2n) is 8.38. The third-order valence-corrected chi connectivity index (χ3v) is 5.98. The molecule has 0 bridgehead atoms. The van der Waals surface area contributed by atoms with E-state index in [0.29, 0.717) is 53.4 Å². The molecule has 1 unspecified atom stereocenters. The minimum absolute atomic E-state index is 0.0807. The van der Waals surface area contributed by atoms with Gasteiger partial charge in [0.15, 0.2) is 18.2 Å². The number of halogens is 1. The molecule has 182 valence electrons. The van der Waals surface area contributed by atoms with Crippen molar-refractivity contribution in [3.8, 4) is 5.75 Å². The van der Waals surface area contributed by atoms with Gasteiger partial charge in [-0.2, -0.15) is 0 Å². The molecule has 2 aliphatic rings. The molecule has 1 aromatic carbocycles. The standard InChI is InChI=1S/C23H23FN6O5/c1-12-22(32)29(2)20-14(15(24)3-4-16(20)26-12)7-8-25-9-13-10-30(23(33)35-13)18-6-5-17-21(27-18)28-19(31)11-34-17/h3-6,13,25H,7-11H2,1-2H3,(H,27,28,31). The third kappa shape index (κ3) is 4.28. The molecule has 2 amide bonds. The van der Waals surface area contributed by atoms with Crippen LogP contribution in [0.15, 0.2) is 29.1 Å². The van der Waals surface area contributed by atoms with Gasteiger partial charge in [0.1, 0.15) is 23.4 Å². The summed E-state index contributed by atoms with van der Waals surface area (Å²) in [6, 6.07) is 6.17. The third-order valence-electron chi connectivity index (χ3n) is 5.98. The van der Waals surface area contributed by atoms with Crippen LogP contribution in [0.5, 0.6) is 5.75 Å². The van der Waals surface area contributed by atoms with Gasteiger partial charge in [-0.05, 0) is 44.2 Å². The SMILES string of the molecule is Cc1nc2ccc(F)c(CCNCC3CN(c4ccc5c(n4)NC(=O)CO5)C(=O)O3)c2n(C)c1=O. The molecule has 1 atom stereocenters. The number of cyclic esters (lactones) is 1. The first-order valence-corrected chi connectivity index (χ1v) is 11.1. The van der Waals surface area contributed by atoms with Crippen molar-refractivity contribution < 1.29 is 23.5 Å². The molecule has 3 aromatic rings. The molecule has 0 spiro atoms. The zero-order chi connectivity index (χ0) is 24.7. The molecule has 35 heavy (non-hydrogen) atoms. The van der Waals surface area contributed by atoms with Gasteiger partial charge < -0.3 is 24.7 Å². The van der Waals surface area contributed by atoms with Crippen LogP contribution in [0.3, 0.4) is 0 Å². The van der Waals surface area contributed by atoms with Crippen molar-refractivity contribution in [1.29, 1.82) is 0 Å². The summed E-state index contributed by atoms with van der Waals surface area (Å²) >= 11 is 0. The number of aromatic nitrogens is 3. The van der Waals surface area contributed by atoms with Crippen molar-refractivity contribution in [1.82, 2.24) is 19.9 Å². The first kappa shape index (κ1) is 22.7. The van der Waals surface area contributed by atoms with Crippen molar-refractivity contribution in [3.63, 3.8) is 0 Å². The molecular formula is C23H23FN6O5. The van der Waals surface area contributed by atoms with E-state index in [9.17, 15) is 18.8 Å². The van der Waals surface area contributed by atoms with Crippen molar-refractivity contribution >= 4 is 34.7 Å². The average molecular weight is 482 g/mol. The lowest BCUT2D eigenvalue weighted by Gasteiger charge is -2.19. The minimum atomic E-state index is -0.552. The van der Waals surface area contributed by atoms with E-state index >= 15 is 0 Å². The van der Waals surface area contributed by atoms with Gasteiger partial charge in [-0.1, -0.05) is 0 Å². The number of fused-ring (bicyclic) bond motifs is 2. The van der Waals surface area contributed by atoms with Gasteiger partial charge in [-0.15, -0.1) is 0 Å². The maximum atomic E-state index is 14.6. The van der Waals surface area contributed by atoms with E-state index in [1.54, 1.807) is 32.2 Å². The monoisotopic (exact) mass is 482 g/mol. The molecule has 1 saturated heterocycles. The van der Waals surface area contributed by atoms with Crippen LogP contribution in [-0.2, 0) is 23.0 Å². The van der Waals surface area contributed by atoms with Crippen LogP contribution in [0.4, 0.5) is 20.8 Å². The molecule has 2 aliphatic heterocycles. The van der Waals surface area contributed by atoms with E-state index in [4.69, 9.17) is 9.47 Å². The van der Waals surface area contributed by atoms with E-state index in [2.05, 4.69) is 20.6 Å². The highest BCUT2D eigenvalue weighted by Crippen LogP contribution is 2.30. The number of carbonyl (C=O) groups is 2. The Morgan fingerprint density at radius 1 is 1.20 bits per heavy atom. The van der Waals surface area contributed by atoms with Crippen molar-refractivity contribution in [2.75, 3.05) is 36.5 Å². The summed E-state index contributed by atoms with van der Waals surface area (Å²) in [7, 11) is 1.61. The van der Waals surface area contributed by atoms with E-state index in [1.165, 1.54) is 15.5 Å². The maximum Gasteiger partial charge on any atom is 0.416 e. The second kappa shape index (κ2) is 8.95. The fourth-order valence-corrected chi connectivity index (χ4v) is 4.27. The Kier molecular flexibility index (Phi) is 5.81. The lowest BCUT2D eigenvalue weighted by Crippen LogP contribution is -2.32. The lowest BCUT2D eigenvalue weighted by molar-refractivity contribution is -0.118. The Morgan fingerprint density at radius 3 is 2.86 bits per heavy atom. The number of hydrogen-bond donors (Lipinski definition) is 2. The van der Waals surface area contributed by atoms with Crippen LogP contribution < -0.4 is 25.8 Å². The summed E-state index contributed by atoms with van der Waals surface area (Å²) < 4.78 is 26.7. The predicted molar refractivity (Wildman–Crippen MR) is 124 cm³/mol. The summed E-state index contributed by atoms with van der Waals surface area (Å²) in [5.41, 5.74) is 1.51. The number of ether oxygens (including phenoxy) is 2. The first-order chi connectivity index (χ1) is 16.8. The summed E-state index contributed by atoms with van der Waals surface area (Å²) in [6.07, 6.45) is -0.682. The highest BCUT2D eigenvalue weighted by Gasteiger charge is 2.33. The van der Waals surface area contributed by atoms with Gasteiger partial charge in [0, 0.05) is 19.2 Å². The molecule has 0 saturated carbocycles. The van der Waals surface area contributed by atoms with Gasteiger partial charge in [0.05, 0.1) is 17.6 Å². The van der Waals surface area contributed by atoms with Gasteiger partial charge in [-0.25, -0.2) is 19.2 Å². The number of amides is 2. The highest BCUT2D eigenvalue weighted by molar-refractivity contribution is 5.95. The summed E-state index contributed by atoms with van der Waals surface area (Å²) in [5.74, 6) is 0.297. The number of anilines is 2. The van der Waals surface area contributed by atoms with Crippen LogP contribution in [0.1, 0.15) is 11.3 Å². The zero-order valence-electron chi connectivity index (χ0n) is 19.1. The van der Waals surface area contributed by atoms with E-state index in [-0.39, 0.29) is 30.4 Å². The summed E-state index contributed by atoms with van der Waals surface area (Å²) in [5, 5.41) is 5.80. The quantitative estimate of drug-likeness (QED) is 0.503. The van der Waals surface area contributed by atoms with Crippen LogP contribution in [0.25, 0.3) is 11.0 Å². The number of aryl methyl sites for hydroxylation is 2. The molecule has 1 fully saturated rings. The van der Waals surface area contributed by atoms with Gasteiger partial charge in [0.25, 0.3) is 11.5 Å². The molecule has 0 radical (unpaired) electrons. The number of nitrogens with one attached hydrogen (secondary N) is 2. The van der Waals surface area contributed by atoms with Crippen LogP contribution in [0, 0.1) is 12.7 Å². The van der Waals surface area contributed by atoms with Crippen molar-refractivity contribution in [2.45, 2.75) is 19.4 Å². The Balaban J connectivity index is 1.22. The minimum Gasteiger partial charge on any atom is -0.480 e. The van der Waals surface area contributed by atoms with E-state index in [1.807, 2.05) is 0 Å². The molecule has 4 heterocycles. The number of hydrogen-bond acceptors (Lipinski definition) is 8. The molecule has 5 rings (SSSR count). The zero-order valence-corrected chi connectivity index (χ0v) is 19.1. The first-order valence-electron chi connectivity index (χ1n) is 11.1. The Bertz CT molecular complexity index is 1410. The number of nitrogens with zero attached hydrogens (tertiary/aromatic N) is 4. The molecular weight excluding hydrogens is 459 g/mol. The summed E-state index contributed by atoms with van der Waals surface area (Å²) in [4.78, 5) is 46.2. The predicted octanol–water partition coefficient (Wildman–Crippen LogP) is 1.26. The van der Waals surface area contributed by atoms with Crippen molar-refractivity contribution in [2.24, 2.45) is 7.05 Å². The molecule has 2 aromatic heterocycles. The fourth-order valence-electron chi connectivity index (χ4n) is 4.27. The summed E-state index contributed by atoms with van der Waals surface area (Å²) in [6.45, 7) is 2.54. The Hall–Kier alpha value is -4.06. The molecule has 0 aliphatic carbocycles. The highest BCUT2D eigenvalue weighted by atomic mass is 19.1. The van der Waals surface area contributed by atoms with E-state index in [0.717, 1.165) is 0 Å². The average Bonchev–Trinajstić information content (AvgIpc) is 3.21. The Labute approximate surface area is 198 Å². The van der Waals surface area contributed by atoms with Gasteiger partial charge in [0.2, 0.25) is 0 Å². The van der Waals surface area contributed by atoms with Crippen LogP contribution in [0.2, 0.25) is 0 Å². The normalized spacial score (nSPS) is 17.2. The number of carbonyl (C=O) groups excluding carboxylic acids is 2. The van der Waals surface area contributed by atoms with E-state index < -0.39 is 18.0 Å². The maximum absolute atomic E-state index is 14.6. The number of pyridine rings is 1. The van der Waals surface area contributed by atoms with Gasteiger partial charge in [-0.3, -0.25) is 14.5 Å². The van der Waals surface area contributed by atoms with Gasteiger partial charge >= 0.3 is 6.09 Å². The second-order valence-corrected chi connectivity index (χ2v) is 8.38. The number of rotatable bonds is 6. The largest absolute Gasteiger partial charge is 0.480 e. The Morgan fingerprint density at radius 2 is 2.03 bits per heavy atom.